The van der Waals surface area contributed by atoms with Crippen LogP contribution in [0.1, 0.15) is 18.1 Å². The van der Waals surface area contributed by atoms with Crippen LogP contribution in [0.3, 0.4) is 0 Å². The van der Waals surface area contributed by atoms with Crippen LogP contribution >= 0.6 is 35.4 Å². The second kappa shape index (κ2) is 8.13. The van der Waals surface area contributed by atoms with Gasteiger partial charge in [0.25, 0.3) is 0 Å². The summed E-state index contributed by atoms with van der Waals surface area (Å²) in [4.78, 5) is 0. The van der Waals surface area contributed by atoms with Crippen molar-refractivity contribution in [3.63, 3.8) is 0 Å². The number of benzene rings is 2. The van der Waals surface area contributed by atoms with Crippen molar-refractivity contribution in [1.82, 2.24) is 10.7 Å². The molecule has 0 unspecified atom stereocenters. The third kappa shape index (κ3) is 4.98. The highest BCUT2D eigenvalue weighted by atomic mass is 35.5. The van der Waals surface area contributed by atoms with Gasteiger partial charge in [-0.2, -0.15) is 5.10 Å². The lowest BCUT2D eigenvalue weighted by Crippen LogP contribution is -2.32. The summed E-state index contributed by atoms with van der Waals surface area (Å²) in [6, 6.07) is 15.4. The number of hydrogen-bond donors (Lipinski definition) is 2. The SMILES string of the molecule is C/C(=N/NC(=S)NCc1ccccc1)c1ccc(Cl)c(Cl)c1. The van der Waals surface area contributed by atoms with Crippen LogP contribution in [0.25, 0.3) is 0 Å². The van der Waals surface area contributed by atoms with E-state index >= 15 is 0 Å². The molecule has 2 aromatic rings. The Labute approximate surface area is 145 Å². The van der Waals surface area contributed by atoms with E-state index in [1.54, 1.807) is 12.1 Å². The Balaban J connectivity index is 1.90. The zero-order valence-electron chi connectivity index (χ0n) is 11.9. The van der Waals surface area contributed by atoms with Gasteiger partial charge >= 0.3 is 0 Å². The van der Waals surface area contributed by atoms with Gasteiger partial charge < -0.3 is 5.32 Å². The van der Waals surface area contributed by atoms with Crippen LogP contribution in [0.15, 0.2) is 53.6 Å². The number of hydrazone groups is 1. The van der Waals surface area contributed by atoms with Gasteiger partial charge in [0.1, 0.15) is 0 Å². The van der Waals surface area contributed by atoms with Crippen LogP contribution in [0, 0.1) is 0 Å². The summed E-state index contributed by atoms with van der Waals surface area (Å²) in [5.74, 6) is 0. The van der Waals surface area contributed by atoms with Crippen molar-refractivity contribution in [2.75, 3.05) is 0 Å². The van der Waals surface area contributed by atoms with E-state index in [1.807, 2.05) is 43.3 Å². The van der Waals surface area contributed by atoms with Crippen molar-refractivity contribution >= 4 is 46.2 Å². The van der Waals surface area contributed by atoms with Crippen molar-refractivity contribution in [2.45, 2.75) is 13.5 Å². The summed E-state index contributed by atoms with van der Waals surface area (Å²) < 4.78 is 0. The van der Waals surface area contributed by atoms with Crippen molar-refractivity contribution in [3.8, 4) is 0 Å². The Morgan fingerprint density at radius 3 is 2.50 bits per heavy atom. The topological polar surface area (TPSA) is 36.4 Å². The molecule has 0 aliphatic carbocycles. The highest BCUT2D eigenvalue weighted by molar-refractivity contribution is 7.80. The Kier molecular flexibility index (Phi) is 6.19. The molecular weight excluding hydrogens is 337 g/mol. The quantitative estimate of drug-likeness (QED) is 0.487. The Hall–Kier alpha value is -1.62. The number of thiocarbonyl (C=S) groups is 1. The molecule has 0 heterocycles. The van der Waals surface area contributed by atoms with E-state index in [0.717, 1.165) is 16.8 Å². The third-order valence-electron chi connectivity index (χ3n) is 2.96. The smallest absolute Gasteiger partial charge is 0.187 e. The summed E-state index contributed by atoms with van der Waals surface area (Å²) in [7, 11) is 0. The zero-order chi connectivity index (χ0) is 15.9. The maximum absolute atomic E-state index is 5.99. The lowest BCUT2D eigenvalue weighted by Gasteiger charge is -2.08. The lowest BCUT2D eigenvalue weighted by atomic mass is 10.1. The Morgan fingerprint density at radius 2 is 1.82 bits per heavy atom. The monoisotopic (exact) mass is 351 g/mol. The minimum absolute atomic E-state index is 0.461. The molecule has 2 aromatic carbocycles. The lowest BCUT2D eigenvalue weighted by molar-refractivity contribution is 0.866. The van der Waals surface area contributed by atoms with Crippen molar-refractivity contribution < 1.29 is 0 Å². The molecule has 2 N–H and O–H groups in total. The van der Waals surface area contributed by atoms with E-state index in [-0.39, 0.29) is 0 Å². The van der Waals surface area contributed by atoms with Gasteiger partial charge in [-0.1, -0.05) is 59.6 Å². The molecule has 0 aliphatic heterocycles. The van der Waals surface area contributed by atoms with Crippen LogP contribution < -0.4 is 10.7 Å². The molecule has 0 radical (unpaired) electrons. The van der Waals surface area contributed by atoms with Crippen molar-refractivity contribution in [3.05, 3.63) is 69.7 Å². The van der Waals surface area contributed by atoms with Gasteiger partial charge in [-0.25, -0.2) is 0 Å². The van der Waals surface area contributed by atoms with E-state index in [0.29, 0.717) is 21.7 Å². The number of nitrogens with zero attached hydrogens (tertiary/aromatic N) is 1. The van der Waals surface area contributed by atoms with Crippen LogP contribution in [0.4, 0.5) is 0 Å². The fourth-order valence-corrected chi connectivity index (χ4v) is 2.15. The second-order valence-corrected chi connectivity index (χ2v) is 5.83. The highest BCUT2D eigenvalue weighted by Crippen LogP contribution is 2.22. The predicted octanol–water partition coefficient (Wildman–Crippen LogP) is 4.38. The number of nitrogens with one attached hydrogen (secondary N) is 2. The van der Waals surface area contributed by atoms with Crippen LogP contribution in [0.5, 0.6) is 0 Å². The molecule has 3 nitrogen and oxygen atoms in total. The number of halogens is 2. The maximum atomic E-state index is 5.99. The first kappa shape index (κ1) is 16.7. The normalized spacial score (nSPS) is 11.1. The van der Waals surface area contributed by atoms with Gasteiger partial charge in [0.2, 0.25) is 0 Å². The van der Waals surface area contributed by atoms with E-state index in [2.05, 4.69) is 15.8 Å². The average molecular weight is 352 g/mol. The molecular formula is C16H15Cl2N3S. The minimum Gasteiger partial charge on any atom is -0.357 e. The molecule has 0 fully saturated rings. The van der Waals surface area contributed by atoms with E-state index < -0.39 is 0 Å². The first-order chi connectivity index (χ1) is 10.6. The van der Waals surface area contributed by atoms with E-state index in [1.165, 1.54) is 0 Å². The predicted molar refractivity (Wildman–Crippen MR) is 97.7 cm³/mol. The summed E-state index contributed by atoms with van der Waals surface area (Å²) in [6.07, 6.45) is 0. The molecule has 0 saturated heterocycles. The fourth-order valence-electron chi connectivity index (χ4n) is 1.74. The van der Waals surface area contributed by atoms with Gasteiger partial charge in [0, 0.05) is 6.54 Å². The van der Waals surface area contributed by atoms with E-state index in [9.17, 15) is 0 Å². The fraction of sp³-hybridized carbons (Fsp3) is 0.125. The van der Waals surface area contributed by atoms with Gasteiger partial charge in [-0.15, -0.1) is 0 Å². The number of rotatable bonds is 4. The largest absolute Gasteiger partial charge is 0.357 e. The molecule has 0 atom stereocenters. The molecule has 0 spiro atoms. The molecule has 2 rings (SSSR count). The van der Waals surface area contributed by atoms with Gasteiger partial charge in [-0.05, 0) is 42.4 Å². The zero-order valence-corrected chi connectivity index (χ0v) is 14.3. The van der Waals surface area contributed by atoms with E-state index in [4.69, 9.17) is 35.4 Å². The van der Waals surface area contributed by atoms with Crippen molar-refractivity contribution in [1.29, 1.82) is 0 Å². The molecule has 0 bridgehead atoms. The molecule has 0 aromatic heterocycles. The Bertz CT molecular complexity index is 687. The molecule has 114 valence electrons. The second-order valence-electron chi connectivity index (χ2n) is 4.61. The summed E-state index contributed by atoms with van der Waals surface area (Å²) >= 11 is 17.1. The molecule has 0 saturated carbocycles. The van der Waals surface area contributed by atoms with Crippen LogP contribution in [-0.2, 0) is 6.54 Å². The summed E-state index contributed by atoms with van der Waals surface area (Å²) in [5.41, 5.74) is 5.62. The first-order valence-electron chi connectivity index (χ1n) is 6.64. The average Bonchev–Trinajstić information content (AvgIpc) is 2.54. The molecule has 6 heteroatoms. The van der Waals surface area contributed by atoms with Gasteiger partial charge in [0.05, 0.1) is 15.8 Å². The minimum atomic E-state index is 0.461. The van der Waals surface area contributed by atoms with Gasteiger partial charge in [0.15, 0.2) is 5.11 Å². The van der Waals surface area contributed by atoms with Gasteiger partial charge in [-0.3, -0.25) is 5.43 Å². The first-order valence-corrected chi connectivity index (χ1v) is 7.80. The van der Waals surface area contributed by atoms with Crippen molar-refractivity contribution in [2.24, 2.45) is 5.10 Å². The summed E-state index contributed by atoms with van der Waals surface area (Å²) in [5, 5.41) is 8.81. The Morgan fingerprint density at radius 1 is 1.09 bits per heavy atom. The standard InChI is InChI=1S/C16H15Cl2N3S/c1-11(13-7-8-14(17)15(18)9-13)20-21-16(22)19-10-12-5-3-2-4-6-12/h2-9H,10H2,1H3,(H2,19,21,22)/b20-11-. The molecule has 22 heavy (non-hydrogen) atoms. The third-order valence-corrected chi connectivity index (χ3v) is 3.93. The van der Waals surface area contributed by atoms with Crippen LogP contribution in [-0.4, -0.2) is 10.8 Å². The van der Waals surface area contributed by atoms with Crippen LogP contribution in [0.2, 0.25) is 10.0 Å². The molecule has 0 aliphatic rings. The number of hydrogen-bond acceptors (Lipinski definition) is 2. The summed E-state index contributed by atoms with van der Waals surface area (Å²) in [6.45, 7) is 2.51. The molecule has 0 amide bonds. The highest BCUT2D eigenvalue weighted by Gasteiger charge is 2.03. The maximum Gasteiger partial charge on any atom is 0.187 e.